The number of hydrogen-bond acceptors (Lipinski definition) is 2. The van der Waals surface area contributed by atoms with Crippen LogP contribution in [0, 0.1) is 0 Å². The fraction of sp³-hybridized carbons (Fsp3) is 0.133. The minimum atomic E-state index is 0.733. The molecule has 0 saturated heterocycles. The van der Waals surface area contributed by atoms with Gasteiger partial charge in [-0.1, -0.05) is 54.7 Å². The molecule has 0 spiro atoms. The van der Waals surface area contributed by atoms with Crippen molar-refractivity contribution in [3.8, 4) is 5.75 Å². The summed E-state index contributed by atoms with van der Waals surface area (Å²) in [6, 6.07) is 17.9. The Morgan fingerprint density at radius 2 is 1.89 bits per heavy atom. The number of hydrogen-bond donors (Lipinski definition) is 1. The van der Waals surface area contributed by atoms with E-state index in [4.69, 9.17) is 17.0 Å². The largest absolute Gasteiger partial charge is 0.497 e. The van der Waals surface area contributed by atoms with Crippen molar-refractivity contribution in [3.63, 3.8) is 0 Å². The lowest BCUT2D eigenvalue weighted by molar-refractivity contribution is 0.414. The maximum atomic E-state index is 5.36. The van der Waals surface area contributed by atoms with Gasteiger partial charge in [-0.25, -0.2) is 0 Å². The van der Waals surface area contributed by atoms with Crippen molar-refractivity contribution < 1.29 is 4.74 Å². The Bertz CT molecular complexity index is 525. The number of nitrogens with one attached hydrogen (secondary N) is 1. The minimum absolute atomic E-state index is 0.733. The molecule has 2 aromatic rings. The molecule has 0 heterocycles. The molecule has 0 radical (unpaired) electrons. The molecule has 0 atom stereocenters. The Balaban J connectivity index is 1.99. The van der Waals surface area contributed by atoms with Gasteiger partial charge in [-0.15, -0.1) is 0 Å². The van der Waals surface area contributed by atoms with Gasteiger partial charge in [0.25, 0.3) is 0 Å². The quantitative estimate of drug-likeness (QED) is 0.850. The monoisotopic (exact) mass is 257 g/mol. The predicted molar refractivity (Wildman–Crippen MR) is 78.0 cm³/mol. The third-order valence-electron chi connectivity index (χ3n) is 2.63. The highest BCUT2D eigenvalue weighted by Crippen LogP contribution is 2.13. The Labute approximate surface area is 113 Å². The predicted octanol–water partition coefficient (Wildman–Crippen LogP) is 3.16. The Hall–Kier alpha value is -1.87. The van der Waals surface area contributed by atoms with E-state index in [9.17, 15) is 0 Å². The van der Waals surface area contributed by atoms with E-state index in [1.807, 2.05) is 42.5 Å². The van der Waals surface area contributed by atoms with Crippen molar-refractivity contribution in [3.05, 3.63) is 65.7 Å². The molecule has 0 bridgehead atoms. The van der Waals surface area contributed by atoms with Gasteiger partial charge < -0.3 is 10.1 Å². The number of benzene rings is 2. The van der Waals surface area contributed by atoms with E-state index >= 15 is 0 Å². The third-order valence-corrected chi connectivity index (χ3v) is 3.01. The van der Waals surface area contributed by atoms with Crippen molar-refractivity contribution in [2.24, 2.45) is 0 Å². The lowest BCUT2D eigenvalue weighted by Crippen LogP contribution is -2.21. The summed E-state index contributed by atoms with van der Waals surface area (Å²) < 4.78 is 5.18. The lowest BCUT2D eigenvalue weighted by atomic mass is 10.2. The van der Waals surface area contributed by atoms with Crippen LogP contribution in [0.2, 0.25) is 0 Å². The zero-order chi connectivity index (χ0) is 12.8. The van der Waals surface area contributed by atoms with Gasteiger partial charge in [0, 0.05) is 12.1 Å². The van der Waals surface area contributed by atoms with Crippen LogP contribution in [-0.4, -0.2) is 12.1 Å². The van der Waals surface area contributed by atoms with Crippen molar-refractivity contribution in [2.45, 2.75) is 6.54 Å². The highest BCUT2D eigenvalue weighted by molar-refractivity contribution is 7.80. The van der Waals surface area contributed by atoms with E-state index < -0.39 is 0 Å². The molecule has 0 aliphatic carbocycles. The fourth-order valence-corrected chi connectivity index (χ4v) is 1.84. The minimum Gasteiger partial charge on any atom is -0.497 e. The van der Waals surface area contributed by atoms with Crippen LogP contribution >= 0.6 is 12.2 Å². The molecule has 2 rings (SSSR count). The molecular formula is C15H15NOS. The Kier molecular flexibility index (Phi) is 4.31. The average Bonchev–Trinajstić information content (AvgIpc) is 2.46. The SMILES string of the molecule is COc1cccc(C(=S)NCc2ccccc2)c1. The van der Waals surface area contributed by atoms with Crippen LogP contribution in [0.5, 0.6) is 5.75 Å². The van der Waals surface area contributed by atoms with E-state index in [-0.39, 0.29) is 0 Å². The van der Waals surface area contributed by atoms with E-state index in [0.717, 1.165) is 22.8 Å². The van der Waals surface area contributed by atoms with E-state index in [1.54, 1.807) is 7.11 Å². The van der Waals surface area contributed by atoms with Gasteiger partial charge in [-0.05, 0) is 17.7 Å². The molecule has 0 amide bonds. The van der Waals surface area contributed by atoms with Gasteiger partial charge in [-0.3, -0.25) is 0 Å². The second kappa shape index (κ2) is 6.17. The second-order valence-electron chi connectivity index (χ2n) is 3.90. The number of thiocarbonyl (C=S) groups is 1. The van der Waals surface area contributed by atoms with Crippen LogP contribution in [-0.2, 0) is 6.54 Å². The van der Waals surface area contributed by atoms with Crippen molar-refractivity contribution in [1.29, 1.82) is 0 Å². The van der Waals surface area contributed by atoms with Crippen LogP contribution in [0.1, 0.15) is 11.1 Å². The Morgan fingerprint density at radius 3 is 2.61 bits per heavy atom. The lowest BCUT2D eigenvalue weighted by Gasteiger charge is -2.09. The molecule has 3 heteroatoms. The average molecular weight is 257 g/mol. The first-order valence-electron chi connectivity index (χ1n) is 5.76. The topological polar surface area (TPSA) is 21.3 Å². The molecular weight excluding hydrogens is 242 g/mol. The van der Waals surface area contributed by atoms with Crippen LogP contribution in [0.4, 0.5) is 0 Å². The summed E-state index contributed by atoms with van der Waals surface area (Å²) in [5, 5.41) is 3.24. The zero-order valence-corrected chi connectivity index (χ0v) is 11.0. The normalized spacial score (nSPS) is 9.83. The maximum absolute atomic E-state index is 5.36. The van der Waals surface area contributed by atoms with Gasteiger partial charge in [-0.2, -0.15) is 0 Å². The molecule has 0 aliphatic rings. The molecule has 0 unspecified atom stereocenters. The summed E-state index contributed by atoms with van der Waals surface area (Å²) in [4.78, 5) is 0.734. The van der Waals surface area contributed by atoms with Crippen molar-refractivity contribution in [2.75, 3.05) is 7.11 Å². The molecule has 92 valence electrons. The van der Waals surface area contributed by atoms with Crippen LogP contribution in [0.15, 0.2) is 54.6 Å². The van der Waals surface area contributed by atoms with Gasteiger partial charge in [0.2, 0.25) is 0 Å². The van der Waals surface area contributed by atoms with Crippen LogP contribution in [0.3, 0.4) is 0 Å². The zero-order valence-electron chi connectivity index (χ0n) is 10.2. The highest BCUT2D eigenvalue weighted by atomic mass is 32.1. The van der Waals surface area contributed by atoms with Gasteiger partial charge >= 0.3 is 0 Å². The molecule has 0 fully saturated rings. The van der Waals surface area contributed by atoms with E-state index in [2.05, 4.69) is 17.4 Å². The molecule has 0 saturated carbocycles. The Morgan fingerprint density at radius 1 is 1.11 bits per heavy atom. The molecule has 18 heavy (non-hydrogen) atoms. The summed E-state index contributed by atoms with van der Waals surface area (Å²) in [7, 11) is 1.65. The first kappa shape index (κ1) is 12.6. The van der Waals surface area contributed by atoms with Crippen LogP contribution in [0.25, 0.3) is 0 Å². The first-order chi connectivity index (χ1) is 8.79. The molecule has 0 aromatic heterocycles. The molecule has 2 aromatic carbocycles. The molecule has 2 nitrogen and oxygen atoms in total. The summed E-state index contributed by atoms with van der Waals surface area (Å²) in [5.74, 6) is 0.816. The standard InChI is InChI=1S/C15H15NOS/c1-17-14-9-5-8-13(10-14)15(18)16-11-12-6-3-2-4-7-12/h2-10H,11H2,1H3,(H,16,18). The second-order valence-corrected chi connectivity index (χ2v) is 4.31. The molecule has 0 aliphatic heterocycles. The van der Waals surface area contributed by atoms with Crippen molar-refractivity contribution in [1.82, 2.24) is 5.32 Å². The van der Waals surface area contributed by atoms with Crippen molar-refractivity contribution >= 4 is 17.2 Å². The van der Waals surface area contributed by atoms with Gasteiger partial charge in [0.1, 0.15) is 10.7 Å². The highest BCUT2D eigenvalue weighted by Gasteiger charge is 2.02. The summed E-state index contributed by atoms with van der Waals surface area (Å²) in [5.41, 5.74) is 2.18. The summed E-state index contributed by atoms with van der Waals surface area (Å²) >= 11 is 5.36. The first-order valence-corrected chi connectivity index (χ1v) is 6.16. The van der Waals surface area contributed by atoms with E-state index in [1.165, 1.54) is 5.56 Å². The van der Waals surface area contributed by atoms with Gasteiger partial charge in [0.05, 0.1) is 7.11 Å². The smallest absolute Gasteiger partial charge is 0.119 e. The number of rotatable bonds is 4. The third kappa shape index (κ3) is 3.31. The number of methoxy groups -OCH3 is 1. The number of ether oxygens (including phenoxy) is 1. The van der Waals surface area contributed by atoms with Crippen LogP contribution < -0.4 is 10.1 Å². The molecule has 1 N–H and O–H groups in total. The maximum Gasteiger partial charge on any atom is 0.119 e. The van der Waals surface area contributed by atoms with Gasteiger partial charge in [0.15, 0.2) is 0 Å². The fourth-order valence-electron chi connectivity index (χ4n) is 1.64. The summed E-state index contributed by atoms with van der Waals surface area (Å²) in [6.07, 6.45) is 0. The van der Waals surface area contributed by atoms with E-state index in [0.29, 0.717) is 0 Å². The summed E-state index contributed by atoms with van der Waals surface area (Å²) in [6.45, 7) is 0.733.